The van der Waals surface area contributed by atoms with E-state index in [2.05, 4.69) is 33.0 Å². The van der Waals surface area contributed by atoms with Gasteiger partial charge in [-0.05, 0) is 59.7 Å². The molecule has 0 bridgehead atoms. The van der Waals surface area contributed by atoms with E-state index in [0.717, 1.165) is 17.5 Å². The molecule has 1 amide bonds. The summed E-state index contributed by atoms with van der Waals surface area (Å²) >= 11 is 0. The van der Waals surface area contributed by atoms with Gasteiger partial charge in [-0.3, -0.25) is 9.10 Å². The number of carbonyl (C=O) groups excluding carboxylic acids is 1. The summed E-state index contributed by atoms with van der Waals surface area (Å²) in [6, 6.07) is 21.7. The average molecular weight is 507 g/mol. The zero-order chi connectivity index (χ0) is 26.1. The Labute approximate surface area is 214 Å². The van der Waals surface area contributed by atoms with Crippen molar-refractivity contribution < 1.29 is 17.9 Å². The molecule has 3 aromatic rings. The number of hydrogen-bond acceptors (Lipinski definition) is 4. The number of fused-ring (bicyclic) bond motifs is 1. The predicted molar refractivity (Wildman–Crippen MR) is 143 cm³/mol. The Balaban J connectivity index is 1.66. The van der Waals surface area contributed by atoms with Gasteiger partial charge in [0.05, 0.1) is 23.2 Å². The van der Waals surface area contributed by atoms with Crippen LogP contribution >= 0.6 is 0 Å². The smallest absolute Gasteiger partial charge is 0.264 e. The van der Waals surface area contributed by atoms with E-state index in [1.165, 1.54) is 9.87 Å². The first kappa shape index (κ1) is 25.8. The molecule has 0 saturated carbocycles. The molecule has 1 heterocycles. The summed E-state index contributed by atoms with van der Waals surface area (Å²) in [5, 5.41) is 3.00. The highest BCUT2D eigenvalue weighted by molar-refractivity contribution is 7.92. The number of hydrogen-bond donors (Lipinski definition) is 1. The summed E-state index contributed by atoms with van der Waals surface area (Å²) < 4.78 is 34.8. The van der Waals surface area contributed by atoms with Gasteiger partial charge < -0.3 is 10.1 Å². The lowest BCUT2D eigenvalue weighted by atomic mass is 9.86. The summed E-state index contributed by atoms with van der Waals surface area (Å²) in [6.45, 7) is 10.1. The average Bonchev–Trinajstić information content (AvgIpc) is 2.87. The number of anilines is 1. The van der Waals surface area contributed by atoms with Crippen LogP contribution in [-0.2, 0) is 26.7 Å². The number of amides is 1. The van der Waals surface area contributed by atoms with E-state index in [4.69, 9.17) is 4.74 Å². The van der Waals surface area contributed by atoms with Gasteiger partial charge in [-0.1, -0.05) is 76.2 Å². The molecule has 190 valence electrons. The molecule has 4 rings (SSSR count). The van der Waals surface area contributed by atoms with Gasteiger partial charge in [0.2, 0.25) is 0 Å². The van der Waals surface area contributed by atoms with Gasteiger partial charge in [0.1, 0.15) is 5.75 Å². The molecule has 6 nitrogen and oxygen atoms in total. The van der Waals surface area contributed by atoms with Gasteiger partial charge in [-0.15, -0.1) is 0 Å². The van der Waals surface area contributed by atoms with Crippen LogP contribution in [0.15, 0.2) is 77.7 Å². The van der Waals surface area contributed by atoms with Crippen molar-refractivity contribution in [3.8, 4) is 5.75 Å². The molecule has 7 heteroatoms. The fraction of sp³-hybridized carbons (Fsp3) is 0.345. The molecule has 1 N–H and O–H groups in total. The minimum Gasteiger partial charge on any atom is -0.476 e. The quantitative estimate of drug-likeness (QED) is 0.487. The van der Waals surface area contributed by atoms with Gasteiger partial charge in [0.25, 0.3) is 15.9 Å². The molecule has 0 spiro atoms. The molecule has 36 heavy (non-hydrogen) atoms. The molecular formula is C29H34N2O4S. The second-order valence-electron chi connectivity index (χ2n) is 10.2. The van der Waals surface area contributed by atoms with E-state index in [0.29, 0.717) is 11.4 Å². The van der Waals surface area contributed by atoms with Gasteiger partial charge >= 0.3 is 0 Å². The maximum atomic E-state index is 13.7. The van der Waals surface area contributed by atoms with Crippen molar-refractivity contribution in [2.24, 2.45) is 0 Å². The van der Waals surface area contributed by atoms with E-state index in [1.807, 2.05) is 43.3 Å². The van der Waals surface area contributed by atoms with Crippen LogP contribution in [0.5, 0.6) is 5.75 Å². The highest BCUT2D eigenvalue weighted by Gasteiger charge is 2.38. The first-order valence-electron chi connectivity index (χ1n) is 12.3. The van der Waals surface area contributed by atoms with Crippen LogP contribution in [0.25, 0.3) is 0 Å². The Morgan fingerprint density at radius 3 is 2.33 bits per heavy atom. The molecule has 0 aromatic heterocycles. The molecule has 2 atom stereocenters. The van der Waals surface area contributed by atoms with Crippen molar-refractivity contribution in [3.05, 3.63) is 89.5 Å². The molecule has 1 aliphatic rings. The Morgan fingerprint density at radius 1 is 1.06 bits per heavy atom. The summed E-state index contributed by atoms with van der Waals surface area (Å²) in [4.78, 5) is 13.5. The molecule has 3 aromatic carbocycles. The van der Waals surface area contributed by atoms with Crippen LogP contribution < -0.4 is 14.4 Å². The van der Waals surface area contributed by atoms with Gasteiger partial charge in [-0.25, -0.2) is 8.42 Å². The van der Waals surface area contributed by atoms with Crippen LogP contribution in [0, 0.1) is 0 Å². The Bertz CT molecular complexity index is 1330. The van der Waals surface area contributed by atoms with Crippen molar-refractivity contribution in [1.82, 2.24) is 5.32 Å². The SMILES string of the molecule is CCc1ccc([C@@H](C)NC(=O)[C@H]2CN(S(=O)(=O)c3ccccc3)c3cc(C(C)(C)C)ccc3O2)cc1. The number of aryl methyl sites for hydroxylation is 1. The fourth-order valence-corrected chi connectivity index (χ4v) is 5.72. The number of nitrogens with one attached hydrogen (secondary N) is 1. The van der Waals surface area contributed by atoms with Gasteiger partial charge in [-0.2, -0.15) is 0 Å². The Kier molecular flexibility index (Phi) is 7.14. The number of sulfonamides is 1. The summed E-state index contributed by atoms with van der Waals surface area (Å²) in [5.41, 5.74) is 3.43. The highest BCUT2D eigenvalue weighted by Crippen LogP contribution is 2.40. The number of ether oxygens (including phenoxy) is 1. The second-order valence-corrected chi connectivity index (χ2v) is 12.1. The van der Waals surface area contributed by atoms with Crippen LogP contribution in [-0.4, -0.2) is 27.0 Å². The fourth-order valence-electron chi connectivity index (χ4n) is 4.23. The molecule has 0 unspecified atom stereocenters. The first-order chi connectivity index (χ1) is 17.0. The summed E-state index contributed by atoms with van der Waals surface area (Å²) in [5.74, 6) is 0.00901. The Morgan fingerprint density at radius 2 is 1.72 bits per heavy atom. The van der Waals surface area contributed by atoms with Crippen LogP contribution in [0.3, 0.4) is 0 Å². The second kappa shape index (κ2) is 9.97. The minimum absolute atomic E-state index is 0.120. The van der Waals surface area contributed by atoms with Gasteiger partial charge in [0, 0.05) is 0 Å². The predicted octanol–water partition coefficient (Wildman–Crippen LogP) is 5.38. The Hall–Kier alpha value is -3.32. The standard InChI is InChI=1S/C29H34N2O4S/c1-6-21-12-14-22(15-13-21)20(2)30-28(32)27-19-31(36(33,34)24-10-8-7-9-11-24)25-18-23(29(3,4)5)16-17-26(25)35-27/h7-18,20,27H,6,19H2,1-5H3,(H,30,32)/t20-,27-/m1/s1. The third-order valence-electron chi connectivity index (χ3n) is 6.56. The molecular weight excluding hydrogens is 472 g/mol. The number of nitrogens with zero attached hydrogens (tertiary/aromatic N) is 1. The lowest BCUT2D eigenvalue weighted by molar-refractivity contribution is -0.128. The molecule has 0 radical (unpaired) electrons. The maximum absolute atomic E-state index is 13.7. The molecule has 0 aliphatic carbocycles. The van der Waals surface area contributed by atoms with E-state index in [9.17, 15) is 13.2 Å². The largest absolute Gasteiger partial charge is 0.476 e. The van der Waals surface area contributed by atoms with E-state index in [-0.39, 0.29) is 28.8 Å². The van der Waals surface area contributed by atoms with E-state index >= 15 is 0 Å². The zero-order valence-electron chi connectivity index (χ0n) is 21.5. The van der Waals surface area contributed by atoms with E-state index in [1.54, 1.807) is 36.4 Å². The summed E-state index contributed by atoms with van der Waals surface area (Å²) in [7, 11) is -3.92. The third-order valence-corrected chi connectivity index (χ3v) is 8.36. The summed E-state index contributed by atoms with van der Waals surface area (Å²) in [6.07, 6.45) is -0.0484. The normalized spacial score (nSPS) is 16.6. The maximum Gasteiger partial charge on any atom is 0.264 e. The highest BCUT2D eigenvalue weighted by atomic mass is 32.2. The van der Waals surface area contributed by atoms with Crippen molar-refractivity contribution in [2.45, 2.75) is 63.5 Å². The number of rotatable bonds is 6. The topological polar surface area (TPSA) is 75.7 Å². The monoisotopic (exact) mass is 506 g/mol. The lowest BCUT2D eigenvalue weighted by Gasteiger charge is -2.36. The first-order valence-corrected chi connectivity index (χ1v) is 13.7. The number of carbonyl (C=O) groups is 1. The zero-order valence-corrected chi connectivity index (χ0v) is 22.3. The van der Waals surface area contributed by atoms with E-state index < -0.39 is 16.1 Å². The van der Waals surface area contributed by atoms with Crippen molar-refractivity contribution in [2.75, 3.05) is 10.8 Å². The minimum atomic E-state index is -3.92. The van der Waals surface area contributed by atoms with Crippen LogP contribution in [0.2, 0.25) is 0 Å². The van der Waals surface area contributed by atoms with Crippen LogP contribution in [0.1, 0.15) is 57.4 Å². The molecule has 1 aliphatic heterocycles. The van der Waals surface area contributed by atoms with Crippen molar-refractivity contribution in [1.29, 1.82) is 0 Å². The lowest BCUT2D eigenvalue weighted by Crippen LogP contribution is -2.51. The molecule has 0 saturated heterocycles. The van der Waals surface area contributed by atoms with Crippen molar-refractivity contribution >= 4 is 21.6 Å². The number of benzene rings is 3. The van der Waals surface area contributed by atoms with Crippen molar-refractivity contribution in [3.63, 3.8) is 0 Å². The van der Waals surface area contributed by atoms with Crippen LogP contribution in [0.4, 0.5) is 5.69 Å². The molecule has 0 fully saturated rings. The third kappa shape index (κ3) is 5.26. The van der Waals surface area contributed by atoms with Gasteiger partial charge in [0.15, 0.2) is 6.10 Å².